The summed E-state index contributed by atoms with van der Waals surface area (Å²) >= 11 is 0. The minimum atomic E-state index is -0.925. The van der Waals surface area contributed by atoms with Crippen LogP contribution < -0.4 is 4.74 Å². The van der Waals surface area contributed by atoms with Gasteiger partial charge < -0.3 is 24.6 Å². The molecule has 190 valence electrons. The molecule has 37 heavy (non-hydrogen) atoms. The SMILES string of the molecule is COC(=O)c1ccc(CN2C(=O)C(=O)/C(=C(/O)c3cc(C)cc(C)c3OC)C2c2ccc(O)cc2)cc1. The molecule has 1 amide bonds. The van der Waals surface area contributed by atoms with Crippen LogP contribution in [0.25, 0.3) is 5.76 Å². The summed E-state index contributed by atoms with van der Waals surface area (Å²) in [6, 6.07) is 15.3. The number of carbonyl (C=O) groups is 3. The van der Waals surface area contributed by atoms with Gasteiger partial charge in [0.2, 0.25) is 0 Å². The van der Waals surface area contributed by atoms with Gasteiger partial charge in [0.05, 0.1) is 37.0 Å². The number of phenolic OH excluding ortho intramolecular Hbond substituents is 1. The number of aryl methyl sites for hydroxylation is 2. The van der Waals surface area contributed by atoms with Gasteiger partial charge in [0.15, 0.2) is 0 Å². The van der Waals surface area contributed by atoms with Gasteiger partial charge in [0.25, 0.3) is 11.7 Å². The number of ketones is 1. The summed E-state index contributed by atoms with van der Waals surface area (Å²) in [6.07, 6.45) is 0. The largest absolute Gasteiger partial charge is 0.508 e. The minimum absolute atomic E-state index is 0.0232. The molecule has 0 saturated carbocycles. The molecule has 1 saturated heterocycles. The van der Waals surface area contributed by atoms with Crippen molar-refractivity contribution >= 4 is 23.4 Å². The summed E-state index contributed by atoms with van der Waals surface area (Å²) in [4.78, 5) is 39.8. The van der Waals surface area contributed by atoms with E-state index in [2.05, 4.69) is 0 Å². The Morgan fingerprint density at radius 3 is 2.22 bits per heavy atom. The molecule has 0 spiro atoms. The number of methoxy groups -OCH3 is 2. The Morgan fingerprint density at radius 1 is 0.973 bits per heavy atom. The number of aliphatic hydroxyl groups is 1. The Kier molecular flexibility index (Phi) is 7.02. The third-order valence-electron chi connectivity index (χ3n) is 6.35. The maximum atomic E-state index is 13.4. The first kappa shape index (κ1) is 25.5. The second-order valence-corrected chi connectivity index (χ2v) is 8.87. The summed E-state index contributed by atoms with van der Waals surface area (Å²) in [5.41, 5.74) is 3.40. The Balaban J connectivity index is 1.86. The summed E-state index contributed by atoms with van der Waals surface area (Å²) in [5, 5.41) is 21.3. The lowest BCUT2D eigenvalue weighted by Gasteiger charge is -2.26. The number of phenols is 1. The van der Waals surface area contributed by atoms with Crippen molar-refractivity contribution in [2.24, 2.45) is 0 Å². The molecule has 3 aromatic rings. The van der Waals surface area contributed by atoms with Crippen LogP contribution in [0.5, 0.6) is 11.5 Å². The Hall–Kier alpha value is -4.59. The van der Waals surface area contributed by atoms with Crippen LogP contribution >= 0.6 is 0 Å². The molecular formula is C29H27NO7. The number of rotatable bonds is 6. The van der Waals surface area contributed by atoms with E-state index in [4.69, 9.17) is 9.47 Å². The van der Waals surface area contributed by atoms with Crippen molar-refractivity contribution < 1.29 is 34.1 Å². The van der Waals surface area contributed by atoms with Gasteiger partial charge in [-0.2, -0.15) is 0 Å². The molecule has 1 heterocycles. The van der Waals surface area contributed by atoms with Crippen LogP contribution in [0.3, 0.4) is 0 Å². The molecular weight excluding hydrogens is 474 g/mol. The van der Waals surface area contributed by atoms with E-state index in [1.807, 2.05) is 19.9 Å². The van der Waals surface area contributed by atoms with E-state index in [0.29, 0.717) is 28.0 Å². The molecule has 8 heteroatoms. The Bertz CT molecular complexity index is 1410. The second kappa shape index (κ2) is 10.2. The van der Waals surface area contributed by atoms with Gasteiger partial charge in [0, 0.05) is 6.54 Å². The maximum absolute atomic E-state index is 13.4. The molecule has 1 fully saturated rings. The number of Topliss-reactive ketones (excluding diaryl/α,β-unsaturated/α-hetero) is 1. The van der Waals surface area contributed by atoms with Crippen molar-refractivity contribution in [1.29, 1.82) is 0 Å². The number of ether oxygens (including phenoxy) is 2. The van der Waals surface area contributed by atoms with Crippen molar-refractivity contribution in [2.45, 2.75) is 26.4 Å². The van der Waals surface area contributed by atoms with Crippen LogP contribution in [0.15, 0.2) is 66.2 Å². The number of benzene rings is 3. The van der Waals surface area contributed by atoms with Crippen LogP contribution in [0.2, 0.25) is 0 Å². The number of amides is 1. The third-order valence-corrected chi connectivity index (χ3v) is 6.35. The lowest BCUT2D eigenvalue weighted by molar-refractivity contribution is -0.140. The fourth-order valence-corrected chi connectivity index (χ4v) is 4.65. The van der Waals surface area contributed by atoms with Crippen molar-refractivity contribution in [1.82, 2.24) is 4.90 Å². The molecule has 3 aromatic carbocycles. The molecule has 0 bridgehead atoms. The molecule has 4 rings (SSSR count). The van der Waals surface area contributed by atoms with Gasteiger partial charge in [-0.1, -0.05) is 30.3 Å². The van der Waals surface area contributed by atoms with Gasteiger partial charge in [-0.15, -0.1) is 0 Å². The number of nitrogens with zero attached hydrogens (tertiary/aromatic N) is 1. The number of hydrogen-bond donors (Lipinski definition) is 2. The molecule has 1 aliphatic rings. The average Bonchev–Trinajstić information content (AvgIpc) is 3.13. The zero-order chi connectivity index (χ0) is 26.9. The monoisotopic (exact) mass is 501 g/mol. The zero-order valence-electron chi connectivity index (χ0n) is 20.9. The van der Waals surface area contributed by atoms with Crippen LogP contribution in [0.1, 0.15) is 44.2 Å². The van der Waals surface area contributed by atoms with E-state index in [1.165, 1.54) is 31.3 Å². The Labute approximate surface area is 214 Å². The first-order chi connectivity index (χ1) is 17.7. The minimum Gasteiger partial charge on any atom is -0.508 e. The van der Waals surface area contributed by atoms with E-state index in [1.54, 1.807) is 42.5 Å². The predicted octanol–water partition coefficient (Wildman–Crippen LogP) is 4.43. The van der Waals surface area contributed by atoms with Gasteiger partial charge in [-0.25, -0.2) is 4.79 Å². The van der Waals surface area contributed by atoms with Gasteiger partial charge in [-0.05, 0) is 66.4 Å². The lowest BCUT2D eigenvalue weighted by atomic mass is 9.93. The number of aromatic hydroxyl groups is 1. The molecule has 8 nitrogen and oxygen atoms in total. The molecule has 1 aliphatic heterocycles. The van der Waals surface area contributed by atoms with Crippen LogP contribution in [-0.2, 0) is 20.9 Å². The first-order valence-corrected chi connectivity index (χ1v) is 11.6. The highest BCUT2D eigenvalue weighted by molar-refractivity contribution is 6.46. The highest BCUT2D eigenvalue weighted by atomic mass is 16.5. The topological polar surface area (TPSA) is 113 Å². The fraction of sp³-hybridized carbons (Fsp3) is 0.207. The summed E-state index contributed by atoms with van der Waals surface area (Å²) < 4.78 is 10.2. The van der Waals surface area contributed by atoms with Crippen LogP contribution in [0, 0.1) is 13.8 Å². The molecule has 1 atom stereocenters. The summed E-state index contributed by atoms with van der Waals surface area (Å²) in [5.74, 6) is -2.02. The van der Waals surface area contributed by atoms with Gasteiger partial charge in [0.1, 0.15) is 17.3 Å². The highest BCUT2D eigenvalue weighted by Gasteiger charge is 2.46. The molecule has 0 aromatic heterocycles. The van der Waals surface area contributed by atoms with E-state index in [9.17, 15) is 24.6 Å². The second-order valence-electron chi connectivity index (χ2n) is 8.87. The number of carbonyl (C=O) groups excluding carboxylic acids is 3. The molecule has 0 aliphatic carbocycles. The summed E-state index contributed by atoms with van der Waals surface area (Å²) in [6.45, 7) is 3.73. The quantitative estimate of drug-likeness (QED) is 0.222. The standard InChI is InChI=1S/C29H27NO7/c1-16-13-17(2)27(36-3)22(14-16)25(32)23-24(19-9-11-21(31)12-10-19)30(28(34)26(23)33)15-18-5-7-20(8-6-18)29(35)37-4/h5-14,24,31-32H,15H2,1-4H3/b25-23+. The summed E-state index contributed by atoms with van der Waals surface area (Å²) in [7, 11) is 2.76. The normalized spacial score (nSPS) is 16.6. The number of esters is 1. The first-order valence-electron chi connectivity index (χ1n) is 11.6. The number of aliphatic hydroxyl groups excluding tert-OH is 1. The lowest BCUT2D eigenvalue weighted by Crippen LogP contribution is -2.29. The molecule has 1 unspecified atom stereocenters. The van der Waals surface area contributed by atoms with E-state index in [0.717, 1.165) is 11.1 Å². The smallest absolute Gasteiger partial charge is 0.337 e. The predicted molar refractivity (Wildman–Crippen MR) is 136 cm³/mol. The molecule has 0 radical (unpaired) electrons. The Morgan fingerprint density at radius 2 is 1.62 bits per heavy atom. The zero-order valence-corrected chi connectivity index (χ0v) is 20.9. The van der Waals surface area contributed by atoms with E-state index in [-0.39, 0.29) is 23.6 Å². The van der Waals surface area contributed by atoms with Gasteiger partial charge >= 0.3 is 5.97 Å². The van der Waals surface area contributed by atoms with Gasteiger partial charge in [-0.3, -0.25) is 9.59 Å². The van der Waals surface area contributed by atoms with Crippen molar-refractivity contribution in [3.8, 4) is 11.5 Å². The highest BCUT2D eigenvalue weighted by Crippen LogP contribution is 2.42. The maximum Gasteiger partial charge on any atom is 0.337 e. The van der Waals surface area contributed by atoms with E-state index >= 15 is 0 Å². The fourth-order valence-electron chi connectivity index (χ4n) is 4.65. The number of hydrogen-bond acceptors (Lipinski definition) is 7. The number of likely N-dealkylation sites (tertiary alicyclic amines) is 1. The van der Waals surface area contributed by atoms with Crippen molar-refractivity contribution in [3.05, 3.63) is 99.6 Å². The molecule has 2 N–H and O–H groups in total. The van der Waals surface area contributed by atoms with Crippen molar-refractivity contribution in [2.75, 3.05) is 14.2 Å². The van der Waals surface area contributed by atoms with Crippen molar-refractivity contribution in [3.63, 3.8) is 0 Å². The van der Waals surface area contributed by atoms with E-state index < -0.39 is 23.7 Å². The van der Waals surface area contributed by atoms with Crippen LogP contribution in [-0.4, -0.2) is 47.0 Å². The average molecular weight is 502 g/mol. The third kappa shape index (κ3) is 4.78. The van der Waals surface area contributed by atoms with Crippen LogP contribution in [0.4, 0.5) is 0 Å².